The van der Waals surface area contributed by atoms with Crippen molar-refractivity contribution in [2.24, 2.45) is 0 Å². The van der Waals surface area contributed by atoms with Crippen molar-refractivity contribution in [3.63, 3.8) is 0 Å². The van der Waals surface area contributed by atoms with E-state index in [-0.39, 0.29) is 11.5 Å². The van der Waals surface area contributed by atoms with Crippen LogP contribution in [-0.2, 0) is 10.0 Å². The Bertz CT molecular complexity index is 1070. The summed E-state index contributed by atoms with van der Waals surface area (Å²) in [6.07, 6.45) is 0. The van der Waals surface area contributed by atoms with E-state index < -0.39 is 16.1 Å². The van der Waals surface area contributed by atoms with Gasteiger partial charge < -0.3 is 9.64 Å². The monoisotopic (exact) mass is 394 g/mol. The predicted octanol–water partition coefficient (Wildman–Crippen LogP) is 4.08. The molecular weight excluding hydrogens is 372 g/mol. The molecule has 0 amide bonds. The lowest BCUT2D eigenvalue weighted by Gasteiger charge is -2.38. The highest BCUT2D eigenvalue weighted by molar-refractivity contribution is 7.92. The maximum absolute atomic E-state index is 13.6. The normalized spacial score (nSPS) is 16.2. The van der Waals surface area contributed by atoms with Gasteiger partial charge in [-0.25, -0.2) is 8.42 Å². The highest BCUT2D eigenvalue weighted by atomic mass is 32.2. The summed E-state index contributed by atoms with van der Waals surface area (Å²) in [5, 5.41) is 0. The van der Waals surface area contributed by atoms with Gasteiger partial charge in [0.25, 0.3) is 10.0 Å². The zero-order valence-corrected chi connectivity index (χ0v) is 16.6. The van der Waals surface area contributed by atoms with E-state index in [1.54, 1.807) is 24.3 Å². The highest BCUT2D eigenvalue weighted by Crippen LogP contribution is 2.44. The van der Waals surface area contributed by atoms with Crippen molar-refractivity contribution >= 4 is 21.4 Å². The molecule has 5 nitrogen and oxygen atoms in total. The molecule has 0 saturated carbocycles. The molecule has 1 aliphatic rings. The maximum atomic E-state index is 13.6. The molecule has 144 valence electrons. The first-order valence-corrected chi connectivity index (χ1v) is 10.5. The van der Waals surface area contributed by atoms with Crippen LogP contribution in [0.25, 0.3) is 0 Å². The molecule has 1 atom stereocenters. The average molecular weight is 394 g/mol. The van der Waals surface area contributed by atoms with Crippen molar-refractivity contribution in [1.82, 2.24) is 0 Å². The molecule has 0 bridgehead atoms. The predicted molar refractivity (Wildman–Crippen MR) is 112 cm³/mol. The average Bonchev–Trinajstić information content (AvgIpc) is 2.73. The minimum Gasteiger partial charge on any atom is -0.489 e. The highest BCUT2D eigenvalue weighted by Gasteiger charge is 2.38. The van der Waals surface area contributed by atoms with Gasteiger partial charge in [-0.2, -0.15) is 0 Å². The van der Waals surface area contributed by atoms with E-state index in [9.17, 15) is 8.42 Å². The molecule has 0 spiro atoms. The van der Waals surface area contributed by atoms with Crippen molar-refractivity contribution in [2.45, 2.75) is 10.9 Å². The van der Waals surface area contributed by atoms with Crippen LogP contribution in [0.4, 0.5) is 11.4 Å². The molecule has 0 fully saturated rings. The van der Waals surface area contributed by atoms with Crippen molar-refractivity contribution in [3.05, 3.63) is 84.4 Å². The molecule has 3 aromatic rings. The topological polar surface area (TPSA) is 49.9 Å². The molecule has 28 heavy (non-hydrogen) atoms. The first-order chi connectivity index (χ1) is 13.5. The van der Waals surface area contributed by atoms with Gasteiger partial charge >= 0.3 is 0 Å². The summed E-state index contributed by atoms with van der Waals surface area (Å²) >= 11 is 0. The van der Waals surface area contributed by atoms with E-state index in [0.717, 1.165) is 11.3 Å². The van der Waals surface area contributed by atoms with Crippen molar-refractivity contribution in [1.29, 1.82) is 0 Å². The lowest BCUT2D eigenvalue weighted by molar-refractivity contribution is 0.275. The van der Waals surface area contributed by atoms with Gasteiger partial charge in [0.2, 0.25) is 0 Å². The third-order valence-electron chi connectivity index (χ3n) is 4.86. The van der Waals surface area contributed by atoms with E-state index in [0.29, 0.717) is 11.4 Å². The number of anilines is 2. The smallest absolute Gasteiger partial charge is 0.265 e. The number of benzene rings is 3. The van der Waals surface area contributed by atoms with Gasteiger partial charge in [-0.15, -0.1) is 0 Å². The standard InChI is InChI=1S/C22H22N2O3S/c1-23(2)18-13-14-20-22(15-18)27-16-21(17-9-5-3-6-10-17)24(20)28(25,26)19-11-7-4-8-12-19/h3-15,21H,16H2,1-2H3. The second-order valence-electron chi connectivity index (χ2n) is 6.90. The van der Waals surface area contributed by atoms with E-state index in [2.05, 4.69) is 0 Å². The molecule has 0 saturated heterocycles. The van der Waals surface area contributed by atoms with Gasteiger partial charge in [-0.3, -0.25) is 4.31 Å². The second kappa shape index (κ2) is 7.20. The maximum Gasteiger partial charge on any atom is 0.265 e. The van der Waals surface area contributed by atoms with E-state index in [1.165, 1.54) is 4.31 Å². The minimum absolute atomic E-state index is 0.250. The lowest BCUT2D eigenvalue weighted by atomic mass is 10.1. The Morgan fingerprint density at radius 1 is 0.929 bits per heavy atom. The number of hydrogen-bond donors (Lipinski definition) is 0. The first-order valence-electron chi connectivity index (χ1n) is 9.07. The van der Waals surface area contributed by atoms with Gasteiger partial charge in [0.1, 0.15) is 18.4 Å². The number of fused-ring (bicyclic) bond motifs is 1. The van der Waals surface area contributed by atoms with Gasteiger partial charge in [-0.1, -0.05) is 48.5 Å². The minimum atomic E-state index is -3.77. The largest absolute Gasteiger partial charge is 0.489 e. The molecule has 1 heterocycles. The molecular formula is C22H22N2O3S. The summed E-state index contributed by atoms with van der Waals surface area (Å²) in [5.41, 5.74) is 2.40. The summed E-state index contributed by atoms with van der Waals surface area (Å²) in [6, 6.07) is 23.3. The van der Waals surface area contributed by atoms with Crippen LogP contribution in [0.15, 0.2) is 83.8 Å². The summed E-state index contributed by atoms with van der Waals surface area (Å²) in [7, 11) is 0.114. The third kappa shape index (κ3) is 3.20. The Hall–Kier alpha value is -2.99. The summed E-state index contributed by atoms with van der Waals surface area (Å²) < 4.78 is 34.7. The first kappa shape index (κ1) is 18.4. The molecule has 1 unspecified atom stereocenters. The van der Waals surface area contributed by atoms with Crippen LogP contribution in [0.1, 0.15) is 11.6 Å². The Balaban J connectivity index is 1.89. The summed E-state index contributed by atoms with van der Waals surface area (Å²) in [4.78, 5) is 2.23. The van der Waals surface area contributed by atoms with Crippen LogP contribution in [0.3, 0.4) is 0 Å². The SMILES string of the molecule is CN(C)c1ccc2c(c1)OCC(c1ccccc1)N2S(=O)(=O)c1ccccc1. The molecule has 1 aliphatic heterocycles. The van der Waals surface area contributed by atoms with Crippen molar-refractivity contribution in [3.8, 4) is 5.75 Å². The fourth-order valence-electron chi connectivity index (χ4n) is 3.39. The molecule has 0 aliphatic carbocycles. The van der Waals surface area contributed by atoms with Gasteiger partial charge in [0.15, 0.2) is 0 Å². The van der Waals surface area contributed by atoms with Gasteiger partial charge in [0, 0.05) is 25.8 Å². The molecule has 0 N–H and O–H groups in total. The van der Waals surface area contributed by atoms with Crippen LogP contribution in [-0.4, -0.2) is 29.1 Å². The summed E-state index contributed by atoms with van der Waals surface area (Å²) in [5.74, 6) is 0.567. The zero-order chi connectivity index (χ0) is 19.7. The van der Waals surface area contributed by atoms with Crippen LogP contribution in [0, 0.1) is 0 Å². The van der Waals surface area contributed by atoms with Gasteiger partial charge in [0.05, 0.1) is 10.6 Å². The van der Waals surface area contributed by atoms with Crippen molar-refractivity contribution < 1.29 is 13.2 Å². The number of rotatable bonds is 4. The molecule has 0 radical (unpaired) electrons. The number of nitrogens with zero attached hydrogens (tertiary/aromatic N) is 2. The molecule has 6 heteroatoms. The molecule has 4 rings (SSSR count). The zero-order valence-electron chi connectivity index (χ0n) is 15.8. The van der Waals surface area contributed by atoms with Crippen LogP contribution < -0.4 is 13.9 Å². The quantitative estimate of drug-likeness (QED) is 0.669. The summed E-state index contributed by atoms with van der Waals surface area (Å²) in [6.45, 7) is 0.250. The fraction of sp³-hybridized carbons (Fsp3) is 0.182. The Kier molecular flexibility index (Phi) is 4.73. The number of ether oxygens (including phenoxy) is 1. The Labute approximate surface area is 165 Å². The Morgan fingerprint density at radius 3 is 2.21 bits per heavy atom. The second-order valence-corrected chi connectivity index (χ2v) is 8.71. The van der Waals surface area contributed by atoms with E-state index in [4.69, 9.17) is 4.74 Å². The number of hydrogen-bond acceptors (Lipinski definition) is 4. The van der Waals surface area contributed by atoms with Crippen molar-refractivity contribution in [2.75, 3.05) is 29.9 Å². The number of sulfonamides is 1. The fourth-order valence-corrected chi connectivity index (χ4v) is 5.05. The van der Waals surface area contributed by atoms with E-state index >= 15 is 0 Å². The third-order valence-corrected chi connectivity index (χ3v) is 6.70. The van der Waals surface area contributed by atoms with Crippen LogP contribution in [0.2, 0.25) is 0 Å². The lowest BCUT2D eigenvalue weighted by Crippen LogP contribution is -2.41. The molecule has 0 aromatic heterocycles. The molecule has 3 aromatic carbocycles. The van der Waals surface area contributed by atoms with Gasteiger partial charge in [-0.05, 0) is 29.8 Å². The van der Waals surface area contributed by atoms with E-state index in [1.807, 2.05) is 73.6 Å². The van der Waals surface area contributed by atoms with Crippen LogP contribution in [0.5, 0.6) is 5.75 Å². The van der Waals surface area contributed by atoms with Crippen LogP contribution >= 0.6 is 0 Å². The Morgan fingerprint density at radius 2 is 1.57 bits per heavy atom.